The topological polar surface area (TPSA) is 79.9 Å². The average Bonchev–Trinajstić information content (AvgIpc) is 3.26. The Labute approximate surface area is 219 Å². The van der Waals surface area contributed by atoms with Gasteiger partial charge in [0.25, 0.3) is 0 Å². The van der Waals surface area contributed by atoms with E-state index in [1.54, 1.807) is 0 Å². The van der Waals surface area contributed by atoms with Gasteiger partial charge in [-0.25, -0.2) is 4.68 Å². The van der Waals surface area contributed by atoms with Crippen LogP contribution in [0.5, 0.6) is 0 Å². The van der Waals surface area contributed by atoms with Crippen molar-refractivity contribution in [3.8, 4) is 11.8 Å². The Morgan fingerprint density at radius 3 is 2.68 bits per heavy atom. The number of anilines is 1. The summed E-state index contributed by atoms with van der Waals surface area (Å²) in [4.78, 5) is 13.0. The van der Waals surface area contributed by atoms with Gasteiger partial charge in [0.15, 0.2) is 5.78 Å². The first-order valence-electron chi connectivity index (χ1n) is 13.5. The zero-order valence-electron chi connectivity index (χ0n) is 22.1. The maximum Gasteiger partial charge on any atom is 0.167 e. The summed E-state index contributed by atoms with van der Waals surface area (Å²) in [7, 11) is 0. The molecule has 0 saturated heterocycles. The highest BCUT2D eigenvalue weighted by Crippen LogP contribution is 2.38. The second-order valence-electron chi connectivity index (χ2n) is 11.2. The molecule has 1 N–H and O–H groups in total. The van der Waals surface area contributed by atoms with Gasteiger partial charge in [-0.3, -0.25) is 4.79 Å². The molecule has 6 nitrogen and oxygen atoms in total. The lowest BCUT2D eigenvalue weighted by atomic mass is 9.75. The zero-order valence-corrected chi connectivity index (χ0v) is 22.1. The van der Waals surface area contributed by atoms with E-state index >= 15 is 0 Å². The molecule has 2 aliphatic carbocycles. The third kappa shape index (κ3) is 5.33. The lowest BCUT2D eigenvalue weighted by Crippen LogP contribution is -2.38. The van der Waals surface area contributed by atoms with Crippen molar-refractivity contribution in [3.63, 3.8) is 0 Å². The summed E-state index contributed by atoms with van der Waals surface area (Å²) >= 11 is 0. The minimum absolute atomic E-state index is 0.0757. The van der Waals surface area contributed by atoms with Crippen molar-refractivity contribution in [3.05, 3.63) is 76.6 Å². The van der Waals surface area contributed by atoms with Gasteiger partial charge in [-0.1, -0.05) is 63.9 Å². The van der Waals surface area contributed by atoms with Crippen LogP contribution in [0, 0.1) is 16.7 Å². The van der Waals surface area contributed by atoms with Crippen LogP contribution in [0.2, 0.25) is 0 Å². The number of ketones is 1. The molecular weight excluding hydrogens is 460 g/mol. The molecule has 0 unspecified atom stereocenters. The summed E-state index contributed by atoms with van der Waals surface area (Å²) in [6, 6.07) is 18.5. The number of hydrogen-bond donors (Lipinski definition) is 1. The maximum atomic E-state index is 13.0. The van der Waals surface area contributed by atoms with Crippen LogP contribution in [0.3, 0.4) is 0 Å². The number of carbonyl (C=O) groups is 1. The van der Waals surface area contributed by atoms with E-state index in [0.717, 1.165) is 60.4 Å². The SMILES string of the molecule is CCc1nn(-c2ccc(C#N)c(N[C@H]3CCCC[C@@H]3OCc3ccccc3)c2)c2c1C(=O)CC(C)(C)C2. The number of carbonyl (C=O) groups excluding carboxylic acids is 1. The molecule has 5 rings (SSSR count). The van der Waals surface area contributed by atoms with Crippen LogP contribution in [0.4, 0.5) is 5.69 Å². The molecule has 6 heteroatoms. The Balaban J connectivity index is 1.44. The highest BCUT2D eigenvalue weighted by molar-refractivity contribution is 6.00. The van der Waals surface area contributed by atoms with E-state index in [1.807, 2.05) is 48.0 Å². The Hall–Kier alpha value is -3.43. The molecule has 0 bridgehead atoms. The van der Waals surface area contributed by atoms with E-state index in [1.165, 1.54) is 5.56 Å². The molecule has 0 amide bonds. The monoisotopic (exact) mass is 496 g/mol. The first-order valence-corrected chi connectivity index (χ1v) is 13.5. The van der Waals surface area contributed by atoms with Crippen LogP contribution in [-0.2, 0) is 24.2 Å². The van der Waals surface area contributed by atoms with Crippen molar-refractivity contribution in [2.24, 2.45) is 5.41 Å². The molecular formula is C31H36N4O2. The second-order valence-corrected chi connectivity index (χ2v) is 11.2. The predicted molar refractivity (Wildman–Crippen MR) is 145 cm³/mol. The summed E-state index contributed by atoms with van der Waals surface area (Å²) in [6.45, 7) is 6.91. The molecule has 3 aromatic rings. The van der Waals surface area contributed by atoms with Crippen molar-refractivity contribution in [2.45, 2.75) is 84.5 Å². The number of aryl methyl sites for hydroxylation is 1. The van der Waals surface area contributed by atoms with Crippen LogP contribution in [0.1, 0.15) is 85.7 Å². The van der Waals surface area contributed by atoms with Gasteiger partial charge < -0.3 is 10.1 Å². The van der Waals surface area contributed by atoms with E-state index in [-0.39, 0.29) is 23.3 Å². The Bertz CT molecular complexity index is 1320. The van der Waals surface area contributed by atoms with Crippen LogP contribution in [0.15, 0.2) is 48.5 Å². The van der Waals surface area contributed by atoms with Gasteiger partial charge in [-0.05, 0) is 54.9 Å². The summed E-state index contributed by atoms with van der Waals surface area (Å²) in [5.74, 6) is 0.182. The average molecular weight is 497 g/mol. The Morgan fingerprint density at radius 2 is 1.92 bits per heavy atom. The molecule has 192 valence electrons. The van der Waals surface area contributed by atoms with E-state index in [4.69, 9.17) is 9.84 Å². The fourth-order valence-corrected chi connectivity index (χ4v) is 5.81. The van der Waals surface area contributed by atoms with Crippen molar-refractivity contribution in [2.75, 3.05) is 5.32 Å². The van der Waals surface area contributed by atoms with Crippen molar-refractivity contribution in [1.82, 2.24) is 9.78 Å². The largest absolute Gasteiger partial charge is 0.379 e. The van der Waals surface area contributed by atoms with Crippen LogP contribution < -0.4 is 5.32 Å². The quantitative estimate of drug-likeness (QED) is 0.409. The number of rotatable bonds is 7. The number of nitrogens with zero attached hydrogens (tertiary/aromatic N) is 3. The van der Waals surface area contributed by atoms with E-state index in [9.17, 15) is 10.1 Å². The third-order valence-electron chi connectivity index (χ3n) is 7.67. The summed E-state index contributed by atoms with van der Waals surface area (Å²) in [6.07, 6.45) is 6.40. The lowest BCUT2D eigenvalue weighted by Gasteiger charge is -2.33. The summed E-state index contributed by atoms with van der Waals surface area (Å²) in [5.41, 5.74) is 5.97. The zero-order chi connectivity index (χ0) is 26.0. The molecule has 1 heterocycles. The van der Waals surface area contributed by atoms with Crippen LogP contribution >= 0.6 is 0 Å². The molecule has 1 aromatic heterocycles. The van der Waals surface area contributed by atoms with Gasteiger partial charge in [-0.2, -0.15) is 10.4 Å². The van der Waals surface area contributed by atoms with E-state index in [0.29, 0.717) is 25.0 Å². The molecule has 0 spiro atoms. The number of nitrogens with one attached hydrogen (secondary N) is 1. The standard InChI is InChI=1S/C31H36N4O2/c1-4-24-30-27(17-31(2,3)18-28(30)36)35(34-24)23-15-14-22(19-32)26(16-23)33-25-12-8-9-13-29(25)37-20-21-10-6-5-7-11-21/h5-7,10-11,14-16,25,29,33H,4,8-9,12-13,17-18,20H2,1-3H3/t25-,29-/m0/s1. The van der Waals surface area contributed by atoms with Gasteiger partial charge in [0.1, 0.15) is 6.07 Å². The molecule has 0 radical (unpaired) electrons. The molecule has 37 heavy (non-hydrogen) atoms. The Morgan fingerprint density at radius 1 is 1.14 bits per heavy atom. The first kappa shape index (κ1) is 25.2. The number of benzene rings is 2. The Kier molecular flexibility index (Phi) is 7.17. The number of fused-ring (bicyclic) bond motifs is 1. The minimum Gasteiger partial charge on any atom is -0.379 e. The van der Waals surface area contributed by atoms with Gasteiger partial charge in [0.2, 0.25) is 0 Å². The maximum absolute atomic E-state index is 13.0. The van der Waals surface area contributed by atoms with Gasteiger partial charge in [-0.15, -0.1) is 0 Å². The number of Topliss-reactive ketones (excluding diaryl/α,β-unsaturated/α-hetero) is 1. The number of hydrogen-bond acceptors (Lipinski definition) is 5. The third-order valence-corrected chi connectivity index (χ3v) is 7.67. The minimum atomic E-state index is -0.105. The van der Waals surface area contributed by atoms with Crippen molar-refractivity contribution < 1.29 is 9.53 Å². The molecule has 2 atom stereocenters. The first-order chi connectivity index (χ1) is 17.9. The van der Waals surface area contributed by atoms with E-state index in [2.05, 4.69) is 37.4 Å². The number of aromatic nitrogens is 2. The molecule has 1 fully saturated rings. The van der Waals surface area contributed by atoms with Gasteiger partial charge in [0, 0.05) is 6.42 Å². The van der Waals surface area contributed by atoms with Gasteiger partial charge >= 0.3 is 0 Å². The van der Waals surface area contributed by atoms with Gasteiger partial charge in [0.05, 0.1) is 52.6 Å². The highest BCUT2D eigenvalue weighted by Gasteiger charge is 2.36. The van der Waals surface area contributed by atoms with Crippen LogP contribution in [0.25, 0.3) is 5.69 Å². The summed E-state index contributed by atoms with van der Waals surface area (Å²) < 4.78 is 8.30. The highest BCUT2D eigenvalue weighted by atomic mass is 16.5. The number of nitriles is 1. The fraction of sp³-hybridized carbons (Fsp3) is 0.452. The predicted octanol–water partition coefficient (Wildman–Crippen LogP) is 6.40. The second kappa shape index (κ2) is 10.5. The normalized spacial score (nSPS) is 20.8. The van der Waals surface area contributed by atoms with Crippen molar-refractivity contribution in [1.29, 1.82) is 5.26 Å². The molecule has 0 aliphatic heterocycles. The fourth-order valence-electron chi connectivity index (χ4n) is 5.81. The molecule has 2 aliphatic rings. The smallest absolute Gasteiger partial charge is 0.167 e. The van der Waals surface area contributed by atoms with Crippen molar-refractivity contribution >= 4 is 11.5 Å². The molecule has 1 saturated carbocycles. The number of ether oxygens (including phenoxy) is 1. The summed E-state index contributed by atoms with van der Waals surface area (Å²) in [5, 5.41) is 18.4. The lowest BCUT2D eigenvalue weighted by molar-refractivity contribution is 0.00883. The van der Waals surface area contributed by atoms with Crippen LogP contribution in [-0.4, -0.2) is 27.7 Å². The van der Waals surface area contributed by atoms with E-state index < -0.39 is 0 Å². The molecule has 2 aromatic carbocycles.